The fraction of sp³-hybridized carbons (Fsp3) is 0. The van der Waals surface area contributed by atoms with Gasteiger partial charge in [-0.15, -0.1) is 0 Å². The Kier molecular flexibility index (Phi) is 5.34. The maximum atomic E-state index is 13.9. The summed E-state index contributed by atoms with van der Waals surface area (Å²) in [6.45, 7) is 0. The van der Waals surface area contributed by atoms with Gasteiger partial charge in [-0.1, -0.05) is 109 Å². The highest BCUT2D eigenvalue weighted by molar-refractivity contribution is 6.35. The molecule has 0 unspecified atom stereocenters. The molecule has 0 aliphatic carbocycles. The van der Waals surface area contributed by atoms with Gasteiger partial charge in [-0.3, -0.25) is 4.57 Å². The van der Waals surface area contributed by atoms with Crippen LogP contribution < -0.4 is 0 Å². The fourth-order valence-corrected chi connectivity index (χ4v) is 6.56. The van der Waals surface area contributed by atoms with Crippen LogP contribution in [0.15, 0.2) is 140 Å². The molecule has 0 radical (unpaired) electrons. The Morgan fingerprint density at radius 2 is 1.02 bits per heavy atom. The van der Waals surface area contributed by atoms with E-state index in [0.29, 0.717) is 23.2 Å². The van der Waals surface area contributed by atoms with Gasteiger partial charge in [-0.25, -0.2) is 9.37 Å². The molecule has 0 aliphatic rings. The Hall–Kier alpha value is -5.94. The number of para-hydroxylation sites is 1. The van der Waals surface area contributed by atoms with E-state index in [9.17, 15) is 4.39 Å². The van der Waals surface area contributed by atoms with Crippen molar-refractivity contribution in [1.29, 1.82) is 0 Å². The molecule has 0 fully saturated rings. The molecule has 0 amide bonds. The van der Waals surface area contributed by atoms with Crippen molar-refractivity contribution in [2.24, 2.45) is 0 Å². The van der Waals surface area contributed by atoms with Gasteiger partial charge >= 0.3 is 0 Å². The first-order valence-corrected chi connectivity index (χ1v) is 14.6. The van der Waals surface area contributed by atoms with Crippen LogP contribution in [0.4, 0.5) is 4.39 Å². The summed E-state index contributed by atoms with van der Waals surface area (Å²) in [4.78, 5) is 15.0. The number of aromatic nitrogens is 4. The average Bonchev–Trinajstić information content (AvgIpc) is 3.44. The highest BCUT2D eigenvalue weighted by Crippen LogP contribution is 2.44. The second-order valence-electron chi connectivity index (χ2n) is 11.0. The Morgan fingerprint density at radius 1 is 0.432 bits per heavy atom. The molecule has 4 nitrogen and oxygen atoms in total. The molecular weight excluding hydrogens is 543 g/mol. The molecule has 0 saturated carbocycles. The van der Waals surface area contributed by atoms with Gasteiger partial charge in [0.05, 0.1) is 11.0 Å². The molecule has 9 aromatic rings. The first kappa shape index (κ1) is 24.6. The predicted molar refractivity (Wildman–Crippen MR) is 178 cm³/mol. The van der Waals surface area contributed by atoms with Gasteiger partial charge in [0.15, 0.2) is 11.6 Å². The number of hydrogen-bond acceptors (Lipinski definition) is 3. The van der Waals surface area contributed by atoms with Crippen molar-refractivity contribution in [2.75, 3.05) is 0 Å². The molecule has 9 rings (SSSR count). The Bertz CT molecular complexity index is 2550. The van der Waals surface area contributed by atoms with Crippen molar-refractivity contribution in [3.05, 3.63) is 145 Å². The molecule has 0 bridgehead atoms. The number of benzene rings is 7. The van der Waals surface area contributed by atoms with E-state index in [1.807, 2.05) is 30.3 Å². The fourth-order valence-electron chi connectivity index (χ4n) is 6.56. The molecule has 5 heteroatoms. The maximum absolute atomic E-state index is 13.9. The normalized spacial score (nSPS) is 11.8. The van der Waals surface area contributed by atoms with Gasteiger partial charge in [0.2, 0.25) is 5.95 Å². The molecule has 0 atom stereocenters. The number of hydrogen-bond donors (Lipinski definition) is 0. The van der Waals surface area contributed by atoms with Crippen LogP contribution >= 0.6 is 0 Å². The highest BCUT2D eigenvalue weighted by atomic mass is 19.1. The first-order chi connectivity index (χ1) is 21.7. The van der Waals surface area contributed by atoms with Crippen molar-refractivity contribution in [3.63, 3.8) is 0 Å². The Labute approximate surface area is 251 Å². The topological polar surface area (TPSA) is 43.6 Å². The summed E-state index contributed by atoms with van der Waals surface area (Å²) in [6, 6.07) is 46.3. The third-order valence-electron chi connectivity index (χ3n) is 8.48. The minimum atomic E-state index is -0.306. The SMILES string of the molecule is Fc1ccc(-c2nc(-c3ccccc3)nc(-n3c4ccccc4c4c5ccccc5c5c6ccccc6ccc5c43)n2)cc1. The first-order valence-electron chi connectivity index (χ1n) is 14.6. The number of fused-ring (bicyclic) bond motifs is 10. The molecule has 0 N–H and O–H groups in total. The average molecular weight is 567 g/mol. The van der Waals surface area contributed by atoms with Gasteiger partial charge in [0.1, 0.15) is 5.82 Å². The monoisotopic (exact) mass is 566 g/mol. The van der Waals surface area contributed by atoms with Crippen LogP contribution in [0.1, 0.15) is 0 Å². The second kappa shape index (κ2) is 9.54. The molecule has 2 aromatic heterocycles. The van der Waals surface area contributed by atoms with Crippen LogP contribution in [-0.4, -0.2) is 19.5 Å². The summed E-state index contributed by atoms with van der Waals surface area (Å²) in [7, 11) is 0. The summed E-state index contributed by atoms with van der Waals surface area (Å²) in [5, 5.41) is 9.39. The van der Waals surface area contributed by atoms with Gasteiger partial charge in [-0.05, 0) is 57.3 Å². The standard InChI is InChI=1S/C39H23FN4/c40-27-21-18-26(19-22-27)38-41-37(25-11-2-1-3-12-25)42-39(43-38)44-33-17-9-8-16-31(33)35-30-15-7-6-14-29(30)34-28-13-5-4-10-24(28)20-23-32(34)36(35)44/h1-23H. The van der Waals surface area contributed by atoms with Crippen LogP contribution in [0.2, 0.25) is 0 Å². The van der Waals surface area contributed by atoms with E-state index in [0.717, 1.165) is 32.8 Å². The van der Waals surface area contributed by atoms with E-state index in [4.69, 9.17) is 15.0 Å². The largest absolute Gasteiger partial charge is 0.277 e. The third kappa shape index (κ3) is 3.66. The molecule has 2 heterocycles. The molecule has 0 saturated heterocycles. The zero-order chi connectivity index (χ0) is 29.2. The van der Waals surface area contributed by atoms with Crippen LogP contribution in [0.5, 0.6) is 0 Å². The lowest BCUT2D eigenvalue weighted by Crippen LogP contribution is -2.06. The Balaban J connectivity index is 1.49. The molecule has 206 valence electrons. The van der Waals surface area contributed by atoms with E-state index in [1.54, 1.807) is 12.1 Å². The highest BCUT2D eigenvalue weighted by Gasteiger charge is 2.22. The Morgan fingerprint density at radius 3 is 1.77 bits per heavy atom. The van der Waals surface area contributed by atoms with Gasteiger partial charge in [0, 0.05) is 27.3 Å². The summed E-state index contributed by atoms with van der Waals surface area (Å²) in [5.41, 5.74) is 3.64. The van der Waals surface area contributed by atoms with Crippen molar-refractivity contribution in [1.82, 2.24) is 19.5 Å². The van der Waals surface area contributed by atoms with Gasteiger partial charge in [0.25, 0.3) is 0 Å². The quantitative estimate of drug-likeness (QED) is 0.200. The van der Waals surface area contributed by atoms with Crippen molar-refractivity contribution >= 4 is 54.1 Å². The van der Waals surface area contributed by atoms with E-state index in [1.165, 1.54) is 39.1 Å². The molecule has 0 spiro atoms. The third-order valence-corrected chi connectivity index (χ3v) is 8.48. The second-order valence-corrected chi connectivity index (χ2v) is 11.0. The van der Waals surface area contributed by atoms with Crippen LogP contribution in [0.25, 0.3) is 82.8 Å². The van der Waals surface area contributed by atoms with Crippen LogP contribution in [-0.2, 0) is 0 Å². The lowest BCUT2D eigenvalue weighted by atomic mass is 9.93. The van der Waals surface area contributed by atoms with E-state index in [-0.39, 0.29) is 5.82 Å². The zero-order valence-corrected chi connectivity index (χ0v) is 23.4. The maximum Gasteiger partial charge on any atom is 0.238 e. The lowest BCUT2D eigenvalue weighted by molar-refractivity contribution is 0.628. The van der Waals surface area contributed by atoms with Crippen molar-refractivity contribution in [2.45, 2.75) is 0 Å². The molecule has 44 heavy (non-hydrogen) atoms. The van der Waals surface area contributed by atoms with Crippen molar-refractivity contribution in [3.8, 4) is 28.7 Å². The zero-order valence-electron chi connectivity index (χ0n) is 23.4. The predicted octanol–water partition coefficient (Wildman–Crippen LogP) is 9.90. The van der Waals surface area contributed by atoms with E-state index >= 15 is 0 Å². The van der Waals surface area contributed by atoms with Crippen LogP contribution in [0, 0.1) is 5.82 Å². The summed E-state index contributed by atoms with van der Waals surface area (Å²) in [5.74, 6) is 1.24. The van der Waals surface area contributed by atoms with Crippen molar-refractivity contribution < 1.29 is 4.39 Å². The van der Waals surface area contributed by atoms with E-state index < -0.39 is 0 Å². The summed E-state index contributed by atoms with van der Waals surface area (Å²) in [6.07, 6.45) is 0. The number of nitrogens with zero attached hydrogens (tertiary/aromatic N) is 4. The minimum absolute atomic E-state index is 0.306. The van der Waals surface area contributed by atoms with E-state index in [2.05, 4.69) is 89.5 Å². The smallest absolute Gasteiger partial charge is 0.238 e. The van der Waals surface area contributed by atoms with Gasteiger partial charge in [-0.2, -0.15) is 9.97 Å². The van der Waals surface area contributed by atoms with Gasteiger partial charge < -0.3 is 0 Å². The minimum Gasteiger partial charge on any atom is -0.277 e. The van der Waals surface area contributed by atoms with Crippen LogP contribution in [0.3, 0.4) is 0 Å². The molecular formula is C39H23FN4. The number of halogens is 1. The molecule has 0 aliphatic heterocycles. The number of rotatable bonds is 3. The summed E-state index contributed by atoms with van der Waals surface area (Å²) < 4.78 is 16.1. The molecule has 7 aromatic carbocycles. The lowest BCUT2D eigenvalue weighted by Gasteiger charge is -2.14. The summed E-state index contributed by atoms with van der Waals surface area (Å²) >= 11 is 0.